The third-order valence-corrected chi connectivity index (χ3v) is 7.90. The number of esters is 1. The van der Waals surface area contributed by atoms with Crippen LogP contribution in [0.25, 0.3) is 0 Å². The highest BCUT2D eigenvalue weighted by Crippen LogP contribution is 2.45. The van der Waals surface area contributed by atoms with E-state index >= 15 is 0 Å². The maximum absolute atomic E-state index is 12.9. The Morgan fingerprint density at radius 1 is 1.19 bits per heavy atom. The fourth-order valence-corrected chi connectivity index (χ4v) is 6.00. The molecule has 37 heavy (non-hydrogen) atoms. The number of amides is 1. The first-order valence-electron chi connectivity index (χ1n) is 13.0. The summed E-state index contributed by atoms with van der Waals surface area (Å²) < 4.78 is 17.1. The Labute approximate surface area is 223 Å². The van der Waals surface area contributed by atoms with E-state index in [1.165, 1.54) is 18.2 Å². The second-order valence-electron chi connectivity index (χ2n) is 11.4. The van der Waals surface area contributed by atoms with Crippen LogP contribution in [0.4, 0.5) is 10.5 Å². The highest BCUT2D eigenvalue weighted by Gasteiger charge is 2.44. The molecule has 1 fully saturated rings. The van der Waals surface area contributed by atoms with Gasteiger partial charge in [0, 0.05) is 30.1 Å². The van der Waals surface area contributed by atoms with Crippen molar-refractivity contribution in [1.29, 1.82) is 0 Å². The van der Waals surface area contributed by atoms with Crippen LogP contribution in [-0.4, -0.2) is 62.0 Å². The Morgan fingerprint density at radius 2 is 2.00 bits per heavy atom. The van der Waals surface area contributed by atoms with Crippen molar-refractivity contribution in [3.63, 3.8) is 0 Å². The quantitative estimate of drug-likeness (QED) is 0.484. The standard InChI is InChI=1S/C29H35ClN2O5/c1-28(2,3)37-27(34)32-13-11-22(32)16-31-17-29(12-5-6-19-14-21(30)8-9-23(19)29)18-36-25-10-7-20(15-24(25)31)26(33)35-4/h7-10,14-15,22H,5-6,11-13,16-18H2,1-4H3/t22-,29-/m0/s1. The van der Waals surface area contributed by atoms with Crippen molar-refractivity contribution in [3.05, 3.63) is 58.1 Å². The zero-order chi connectivity index (χ0) is 26.4. The fraction of sp³-hybridized carbons (Fsp3) is 0.517. The molecule has 0 bridgehead atoms. The van der Waals surface area contributed by atoms with Crippen molar-refractivity contribution in [1.82, 2.24) is 4.90 Å². The molecule has 0 radical (unpaired) electrons. The van der Waals surface area contributed by atoms with Crippen molar-refractivity contribution >= 4 is 29.4 Å². The molecule has 198 valence electrons. The van der Waals surface area contributed by atoms with E-state index in [-0.39, 0.29) is 17.6 Å². The topological polar surface area (TPSA) is 68.3 Å². The molecular weight excluding hydrogens is 492 g/mol. The summed E-state index contributed by atoms with van der Waals surface area (Å²) in [5, 5.41) is 0.746. The Hall–Kier alpha value is -2.93. The lowest BCUT2D eigenvalue weighted by molar-refractivity contribution is -0.00389. The van der Waals surface area contributed by atoms with Crippen molar-refractivity contribution in [2.45, 2.75) is 63.5 Å². The number of aryl methyl sites for hydroxylation is 1. The van der Waals surface area contributed by atoms with E-state index in [1.54, 1.807) is 6.07 Å². The van der Waals surface area contributed by atoms with Gasteiger partial charge in [-0.25, -0.2) is 9.59 Å². The Bertz CT molecular complexity index is 1210. The second-order valence-corrected chi connectivity index (χ2v) is 11.8. The minimum atomic E-state index is -0.549. The maximum Gasteiger partial charge on any atom is 0.410 e. The zero-order valence-corrected chi connectivity index (χ0v) is 22.8. The lowest BCUT2D eigenvalue weighted by Gasteiger charge is -2.46. The second kappa shape index (κ2) is 9.75. The minimum absolute atomic E-state index is 0.00733. The molecule has 2 aliphatic heterocycles. The van der Waals surface area contributed by atoms with E-state index in [1.807, 2.05) is 43.9 Å². The van der Waals surface area contributed by atoms with Gasteiger partial charge in [-0.3, -0.25) is 0 Å². The molecule has 3 aliphatic rings. The fourth-order valence-electron chi connectivity index (χ4n) is 5.80. The Kier molecular flexibility index (Phi) is 6.77. The third kappa shape index (κ3) is 5.11. The summed E-state index contributed by atoms with van der Waals surface area (Å²) in [4.78, 5) is 29.3. The summed E-state index contributed by atoms with van der Waals surface area (Å²) in [5.41, 5.74) is 3.07. The minimum Gasteiger partial charge on any atom is -0.490 e. The van der Waals surface area contributed by atoms with Crippen LogP contribution in [0.2, 0.25) is 5.02 Å². The number of benzene rings is 2. The van der Waals surface area contributed by atoms with Crippen molar-refractivity contribution in [3.8, 4) is 5.75 Å². The highest BCUT2D eigenvalue weighted by atomic mass is 35.5. The monoisotopic (exact) mass is 526 g/mol. The Morgan fingerprint density at radius 3 is 2.70 bits per heavy atom. The largest absolute Gasteiger partial charge is 0.490 e. The summed E-state index contributed by atoms with van der Waals surface area (Å²) in [6, 6.07) is 11.6. The van der Waals surface area contributed by atoms with Gasteiger partial charge in [-0.1, -0.05) is 17.7 Å². The van der Waals surface area contributed by atoms with Crippen molar-refractivity contribution in [2.24, 2.45) is 0 Å². The highest BCUT2D eigenvalue weighted by molar-refractivity contribution is 6.30. The van der Waals surface area contributed by atoms with Crippen LogP contribution in [-0.2, 0) is 21.3 Å². The van der Waals surface area contributed by atoms with E-state index in [0.717, 1.165) is 42.1 Å². The van der Waals surface area contributed by atoms with Gasteiger partial charge < -0.3 is 24.0 Å². The number of nitrogens with zero attached hydrogens (tertiary/aromatic N) is 2. The molecule has 2 aromatic carbocycles. The van der Waals surface area contributed by atoms with Crippen LogP contribution < -0.4 is 9.64 Å². The molecule has 1 spiro atoms. The van der Waals surface area contributed by atoms with Gasteiger partial charge in [0.2, 0.25) is 0 Å². The molecule has 0 aromatic heterocycles. The van der Waals surface area contributed by atoms with Crippen LogP contribution in [0.5, 0.6) is 5.75 Å². The smallest absolute Gasteiger partial charge is 0.410 e. The predicted octanol–water partition coefficient (Wildman–Crippen LogP) is 5.61. The van der Waals surface area contributed by atoms with Gasteiger partial charge in [-0.05, 0) is 87.9 Å². The molecule has 2 atom stereocenters. The van der Waals surface area contributed by atoms with Crippen molar-refractivity contribution < 1.29 is 23.8 Å². The number of likely N-dealkylation sites (tertiary alicyclic amines) is 1. The van der Waals surface area contributed by atoms with Crippen LogP contribution >= 0.6 is 11.6 Å². The molecule has 1 saturated heterocycles. The number of rotatable bonds is 3. The van der Waals surface area contributed by atoms with E-state index in [0.29, 0.717) is 31.8 Å². The average Bonchev–Trinajstić information content (AvgIpc) is 2.97. The SMILES string of the molecule is COC(=O)c1ccc2c(c1)N(C[C@@H]1CCN1C(=O)OC(C)(C)C)C[C@@]1(CCCc3cc(Cl)ccc31)CO2. The maximum atomic E-state index is 12.9. The van der Waals surface area contributed by atoms with Crippen LogP contribution in [0.3, 0.4) is 0 Å². The summed E-state index contributed by atoms with van der Waals surface area (Å²) >= 11 is 6.35. The van der Waals surface area contributed by atoms with Crippen molar-refractivity contribution in [2.75, 3.05) is 38.3 Å². The van der Waals surface area contributed by atoms with Gasteiger partial charge in [-0.15, -0.1) is 0 Å². The lowest BCUT2D eigenvalue weighted by atomic mass is 9.70. The number of methoxy groups -OCH3 is 1. The van der Waals surface area contributed by atoms with Gasteiger partial charge in [-0.2, -0.15) is 0 Å². The zero-order valence-electron chi connectivity index (χ0n) is 22.0. The number of halogens is 1. The molecule has 0 saturated carbocycles. The van der Waals surface area contributed by atoms with Gasteiger partial charge in [0.05, 0.1) is 31.0 Å². The van der Waals surface area contributed by atoms with Gasteiger partial charge in [0.1, 0.15) is 11.4 Å². The van der Waals surface area contributed by atoms with Crippen LogP contribution in [0.15, 0.2) is 36.4 Å². The molecule has 7 nitrogen and oxygen atoms in total. The molecule has 2 heterocycles. The number of hydrogen-bond acceptors (Lipinski definition) is 6. The number of ether oxygens (including phenoxy) is 3. The molecule has 5 rings (SSSR count). The first-order chi connectivity index (χ1) is 17.6. The average molecular weight is 527 g/mol. The molecule has 8 heteroatoms. The van der Waals surface area contributed by atoms with Gasteiger partial charge >= 0.3 is 12.1 Å². The number of fused-ring (bicyclic) bond motifs is 3. The van der Waals surface area contributed by atoms with E-state index < -0.39 is 11.6 Å². The normalized spacial score (nSPS) is 22.8. The first-order valence-corrected chi connectivity index (χ1v) is 13.3. The summed E-state index contributed by atoms with van der Waals surface area (Å²) in [6.45, 7) is 8.17. The number of carbonyl (C=O) groups is 2. The van der Waals surface area contributed by atoms with Gasteiger partial charge in [0.15, 0.2) is 0 Å². The van der Waals surface area contributed by atoms with E-state index in [4.69, 9.17) is 25.8 Å². The molecule has 2 aromatic rings. The number of anilines is 1. The summed E-state index contributed by atoms with van der Waals surface area (Å²) in [6.07, 6.45) is 3.62. The molecule has 1 amide bonds. The van der Waals surface area contributed by atoms with Gasteiger partial charge in [0.25, 0.3) is 0 Å². The van der Waals surface area contributed by atoms with Crippen LogP contribution in [0.1, 0.15) is 61.5 Å². The van der Waals surface area contributed by atoms with Crippen LogP contribution in [0, 0.1) is 0 Å². The molecule has 0 unspecified atom stereocenters. The predicted molar refractivity (Wildman–Crippen MR) is 143 cm³/mol. The molecule has 1 aliphatic carbocycles. The molecular formula is C29H35ClN2O5. The summed E-state index contributed by atoms with van der Waals surface area (Å²) in [7, 11) is 1.38. The Balaban J connectivity index is 1.50. The lowest BCUT2D eigenvalue weighted by Crippen LogP contribution is -2.58. The third-order valence-electron chi connectivity index (χ3n) is 7.66. The first kappa shape index (κ1) is 25.7. The summed E-state index contributed by atoms with van der Waals surface area (Å²) in [5.74, 6) is 0.340. The number of hydrogen-bond donors (Lipinski definition) is 0. The molecule has 0 N–H and O–H groups in total. The number of carbonyl (C=O) groups excluding carboxylic acids is 2. The van der Waals surface area contributed by atoms with E-state index in [9.17, 15) is 9.59 Å². The van der Waals surface area contributed by atoms with E-state index in [2.05, 4.69) is 17.0 Å².